The van der Waals surface area contributed by atoms with Crippen LogP contribution in [0.1, 0.15) is 75.0 Å². The maximum absolute atomic E-state index is 13.1. The third-order valence-electron chi connectivity index (χ3n) is 8.94. The first kappa shape index (κ1) is 31.7. The zero-order valence-corrected chi connectivity index (χ0v) is 26.4. The zero-order valence-electron chi connectivity index (χ0n) is 26.4. The smallest absolute Gasteiger partial charge is 0.340 e. The molecule has 0 radical (unpaired) electrons. The van der Waals surface area contributed by atoms with Crippen molar-refractivity contribution < 1.29 is 14.4 Å². The first-order valence-electron chi connectivity index (χ1n) is 15.2. The highest BCUT2D eigenvalue weighted by atomic mass is 16.2. The second-order valence-corrected chi connectivity index (χ2v) is 12.4. The molecule has 3 aromatic rings. The predicted octanol–water partition coefficient (Wildman–Crippen LogP) is 1.82. The fourth-order valence-corrected chi connectivity index (χ4v) is 6.77. The van der Waals surface area contributed by atoms with Gasteiger partial charge < -0.3 is 20.0 Å². The average Bonchev–Trinajstić information content (AvgIpc) is 3.67. The quantitative estimate of drug-likeness (QED) is 0.350. The van der Waals surface area contributed by atoms with E-state index in [2.05, 4.69) is 26.6 Å². The van der Waals surface area contributed by atoms with E-state index in [1.165, 1.54) is 9.80 Å². The topological polar surface area (TPSA) is 158 Å². The lowest BCUT2D eigenvalue weighted by molar-refractivity contribution is -0.130. The minimum absolute atomic E-state index is 0.0543. The summed E-state index contributed by atoms with van der Waals surface area (Å²) >= 11 is 0. The molecule has 5 rings (SSSR count). The second-order valence-electron chi connectivity index (χ2n) is 12.4. The first-order chi connectivity index (χ1) is 21.5. The Kier molecular flexibility index (Phi) is 8.93. The van der Waals surface area contributed by atoms with E-state index < -0.39 is 17.1 Å². The summed E-state index contributed by atoms with van der Waals surface area (Å²) in [5, 5.41) is 19.9. The van der Waals surface area contributed by atoms with Gasteiger partial charge in [-0.3, -0.25) is 19.4 Å². The van der Waals surface area contributed by atoms with E-state index in [0.29, 0.717) is 49.2 Å². The Morgan fingerprint density at radius 2 is 1.62 bits per heavy atom. The number of carbonyl (C=O) groups excluding carboxylic acids is 3. The Hall–Kier alpha value is -4.76. The normalized spacial score (nSPS) is 17.4. The number of fused-ring (bicyclic) bond motifs is 2. The number of hydrogen-bond donors (Lipinski definition) is 3. The average molecular weight is 613 g/mol. The van der Waals surface area contributed by atoms with Crippen LogP contribution in [0.15, 0.2) is 41.2 Å². The molecule has 0 spiro atoms. The lowest BCUT2D eigenvalue weighted by Crippen LogP contribution is -2.45. The van der Waals surface area contributed by atoms with Gasteiger partial charge in [0.2, 0.25) is 5.91 Å². The highest BCUT2D eigenvalue weighted by molar-refractivity contribution is 5.95. The lowest BCUT2D eigenvalue weighted by atomic mass is 9.67. The van der Waals surface area contributed by atoms with Crippen molar-refractivity contribution in [3.63, 3.8) is 0 Å². The van der Waals surface area contributed by atoms with E-state index in [9.17, 15) is 24.4 Å². The number of nitrogens with one attached hydrogen (secondary N) is 3. The molecule has 0 saturated carbocycles. The fraction of sp³-hybridized carbons (Fsp3) is 0.455. The minimum atomic E-state index is -1.00. The second kappa shape index (κ2) is 12.7. The molecule has 1 aliphatic carbocycles. The van der Waals surface area contributed by atoms with Crippen LogP contribution >= 0.6 is 0 Å². The maximum atomic E-state index is 13.1. The Labute approximate surface area is 262 Å². The number of H-pyrrole nitrogens is 2. The number of likely N-dealkylation sites (tertiary alicyclic amines) is 1. The van der Waals surface area contributed by atoms with Crippen LogP contribution in [-0.4, -0.2) is 101 Å². The summed E-state index contributed by atoms with van der Waals surface area (Å²) < 4.78 is 0. The van der Waals surface area contributed by atoms with Crippen molar-refractivity contribution in [2.45, 2.75) is 56.5 Å². The number of nitrogens with zero attached hydrogens (tertiary/aromatic N) is 5. The number of rotatable bonds is 8. The summed E-state index contributed by atoms with van der Waals surface area (Å²) in [6.45, 7) is 2.59. The van der Waals surface area contributed by atoms with E-state index in [4.69, 9.17) is 0 Å². The van der Waals surface area contributed by atoms with Crippen LogP contribution in [0.25, 0.3) is 0 Å². The van der Waals surface area contributed by atoms with Crippen molar-refractivity contribution in [3.05, 3.63) is 86.1 Å². The number of aromatic nitrogens is 3. The molecule has 2 aromatic carbocycles. The van der Waals surface area contributed by atoms with Gasteiger partial charge in [0.1, 0.15) is 11.9 Å². The molecule has 1 aromatic heterocycles. The van der Waals surface area contributed by atoms with Gasteiger partial charge in [-0.25, -0.2) is 9.89 Å². The lowest BCUT2D eigenvalue weighted by Gasteiger charge is -2.37. The van der Waals surface area contributed by atoms with Crippen molar-refractivity contribution in [1.82, 2.24) is 35.2 Å². The molecule has 3 amide bonds. The molecule has 2 aliphatic rings. The van der Waals surface area contributed by atoms with E-state index >= 15 is 0 Å². The molecule has 12 nitrogen and oxygen atoms in total. The van der Waals surface area contributed by atoms with Gasteiger partial charge in [-0.2, -0.15) is 10.4 Å². The standard InChI is InChI=1S/C33H40N8O4/c1-20(35-19-28(42)41-14-6-7-25(41)18-34)17-33(31-36-32(45)38-37-31)26-12-10-23(29(43)39(2)3)15-21(26)8-9-22-16-24(11-13-27(22)33)30(44)40(4)5/h10-13,15-16,20,25,35H,6-9,14,17,19H2,1-5H3,(H2,36,37,38,45)/t20-,25+/m1/s1. The van der Waals surface area contributed by atoms with E-state index in [-0.39, 0.29) is 30.3 Å². The van der Waals surface area contributed by atoms with Gasteiger partial charge in [0.15, 0.2) is 0 Å². The summed E-state index contributed by atoms with van der Waals surface area (Å²) in [5.74, 6) is 0.0273. The molecule has 0 unspecified atom stereocenters. The van der Waals surface area contributed by atoms with Crippen LogP contribution in [0.5, 0.6) is 0 Å². The molecular weight excluding hydrogens is 572 g/mol. The third kappa shape index (κ3) is 6.00. The molecule has 236 valence electrons. The monoisotopic (exact) mass is 612 g/mol. The highest BCUT2D eigenvalue weighted by Gasteiger charge is 2.45. The summed E-state index contributed by atoms with van der Waals surface area (Å²) in [4.78, 5) is 59.3. The van der Waals surface area contributed by atoms with Gasteiger partial charge >= 0.3 is 5.69 Å². The molecule has 45 heavy (non-hydrogen) atoms. The van der Waals surface area contributed by atoms with Crippen molar-refractivity contribution in [3.8, 4) is 6.07 Å². The molecule has 1 fully saturated rings. The molecule has 1 saturated heterocycles. The van der Waals surface area contributed by atoms with Crippen LogP contribution in [0.3, 0.4) is 0 Å². The number of benzene rings is 2. The van der Waals surface area contributed by atoms with Crippen LogP contribution in [-0.2, 0) is 23.1 Å². The molecule has 0 bridgehead atoms. The number of carbonyl (C=O) groups is 3. The molecular formula is C33H40N8O4. The summed E-state index contributed by atoms with van der Waals surface area (Å²) in [5.41, 5.74) is 3.27. The number of aromatic amines is 2. The molecule has 12 heteroatoms. The van der Waals surface area contributed by atoms with Crippen LogP contribution in [0.2, 0.25) is 0 Å². The third-order valence-corrected chi connectivity index (χ3v) is 8.94. The van der Waals surface area contributed by atoms with Crippen molar-refractivity contribution in [2.75, 3.05) is 41.3 Å². The Morgan fingerprint density at radius 1 is 1.04 bits per heavy atom. The maximum Gasteiger partial charge on any atom is 0.340 e. The van der Waals surface area contributed by atoms with Crippen molar-refractivity contribution in [2.24, 2.45) is 0 Å². The number of aryl methyl sites for hydroxylation is 2. The molecule has 3 N–H and O–H groups in total. The van der Waals surface area contributed by atoms with Crippen LogP contribution < -0.4 is 11.0 Å². The number of hydrogen-bond acceptors (Lipinski definition) is 7. The summed E-state index contributed by atoms with van der Waals surface area (Å²) in [7, 11) is 6.84. The van der Waals surface area contributed by atoms with Gasteiger partial charge in [0.25, 0.3) is 11.8 Å². The van der Waals surface area contributed by atoms with Gasteiger partial charge in [0, 0.05) is 51.9 Å². The Morgan fingerprint density at radius 3 is 2.11 bits per heavy atom. The predicted molar refractivity (Wildman–Crippen MR) is 168 cm³/mol. The SMILES string of the molecule is C[C@H](CC1(c2n[nH]c(=O)[nH]2)c2ccc(C(=O)N(C)C)cc2CCc2cc(C(=O)N(C)C)ccc21)NCC(=O)N1CCC[C@H]1C#N. The van der Waals surface area contributed by atoms with E-state index in [0.717, 1.165) is 28.7 Å². The Balaban J connectivity index is 1.63. The van der Waals surface area contributed by atoms with Gasteiger partial charge in [-0.15, -0.1) is 0 Å². The van der Waals surface area contributed by atoms with Gasteiger partial charge in [0.05, 0.1) is 18.0 Å². The summed E-state index contributed by atoms with van der Waals surface area (Å²) in [6.07, 6.45) is 3.07. The van der Waals surface area contributed by atoms with Gasteiger partial charge in [-0.1, -0.05) is 12.1 Å². The Bertz CT molecular complexity index is 1640. The van der Waals surface area contributed by atoms with Crippen LogP contribution in [0.4, 0.5) is 0 Å². The fourth-order valence-electron chi connectivity index (χ4n) is 6.77. The van der Waals surface area contributed by atoms with Crippen molar-refractivity contribution in [1.29, 1.82) is 5.26 Å². The number of amides is 3. The van der Waals surface area contributed by atoms with E-state index in [1.54, 1.807) is 45.2 Å². The largest absolute Gasteiger partial charge is 0.345 e. The zero-order chi connectivity index (χ0) is 32.5. The molecule has 1 aliphatic heterocycles. The van der Waals surface area contributed by atoms with Crippen LogP contribution in [0, 0.1) is 11.3 Å². The van der Waals surface area contributed by atoms with E-state index in [1.807, 2.05) is 31.2 Å². The highest BCUT2D eigenvalue weighted by Crippen LogP contribution is 2.47. The van der Waals surface area contributed by atoms with Crippen molar-refractivity contribution >= 4 is 17.7 Å². The molecule has 2 heterocycles. The van der Waals surface area contributed by atoms with Gasteiger partial charge in [-0.05, 0) is 85.5 Å². The molecule has 2 atom stereocenters. The first-order valence-corrected chi connectivity index (χ1v) is 15.2. The minimum Gasteiger partial charge on any atom is -0.345 e. The summed E-state index contributed by atoms with van der Waals surface area (Å²) in [6, 6.07) is 12.8. The number of nitriles is 1.